The number of hydrogen-bond acceptors (Lipinski definition) is 6. The van der Waals surface area contributed by atoms with Crippen LogP contribution >= 0.6 is 0 Å². The minimum atomic E-state index is -3.36. The number of sulfonamides is 1. The van der Waals surface area contributed by atoms with Crippen LogP contribution in [0.1, 0.15) is 34.9 Å². The van der Waals surface area contributed by atoms with Crippen LogP contribution in [0.15, 0.2) is 48.5 Å². The number of aliphatic hydroxyl groups is 1. The van der Waals surface area contributed by atoms with Crippen molar-refractivity contribution in [3.63, 3.8) is 0 Å². The highest BCUT2D eigenvalue weighted by atomic mass is 32.2. The summed E-state index contributed by atoms with van der Waals surface area (Å²) in [5.41, 5.74) is 6.26. The number of nitrogens with two attached hydrogens (primary N) is 1. The molecule has 1 atom stereocenters. The predicted molar refractivity (Wildman–Crippen MR) is 112 cm³/mol. The van der Waals surface area contributed by atoms with E-state index in [1.807, 2.05) is 6.07 Å². The lowest BCUT2D eigenvalue weighted by molar-refractivity contribution is 0.0997. The molecule has 0 saturated heterocycles. The van der Waals surface area contributed by atoms with Crippen molar-refractivity contribution in [2.24, 2.45) is 5.73 Å². The molecule has 2 aromatic carbocycles. The number of phenols is 1. The Kier molecular flexibility index (Phi) is 8.00. The van der Waals surface area contributed by atoms with Crippen LogP contribution in [-0.4, -0.2) is 50.4 Å². The lowest BCUT2D eigenvalue weighted by atomic mass is 10.0. The molecule has 0 radical (unpaired) electrons. The molecule has 0 aliphatic heterocycles. The molecule has 0 saturated carbocycles. The number of aliphatic hydroxyl groups excluding tert-OH is 1. The first-order valence-electron chi connectivity index (χ1n) is 9.24. The Morgan fingerprint density at radius 1 is 1.17 bits per heavy atom. The minimum Gasteiger partial charge on any atom is -0.507 e. The Morgan fingerprint density at radius 3 is 2.48 bits per heavy atom. The molecule has 0 bridgehead atoms. The van der Waals surface area contributed by atoms with Gasteiger partial charge in [-0.25, -0.2) is 8.42 Å². The summed E-state index contributed by atoms with van der Waals surface area (Å²) in [6.07, 6.45) is 1.68. The normalized spacial score (nSPS) is 12.5. The molecule has 158 valence electrons. The number of hydrogen-bond donors (Lipinski definition) is 4. The van der Waals surface area contributed by atoms with E-state index < -0.39 is 22.0 Å². The number of anilines is 1. The monoisotopic (exact) mass is 421 g/mol. The molecule has 2 aromatic rings. The highest BCUT2D eigenvalue weighted by Crippen LogP contribution is 2.22. The Bertz CT molecular complexity index is 919. The Hall–Kier alpha value is -2.62. The van der Waals surface area contributed by atoms with E-state index in [1.165, 1.54) is 28.8 Å². The number of rotatable bonds is 11. The summed E-state index contributed by atoms with van der Waals surface area (Å²) >= 11 is 0. The van der Waals surface area contributed by atoms with Gasteiger partial charge in [-0.05, 0) is 49.2 Å². The van der Waals surface area contributed by atoms with Crippen molar-refractivity contribution in [2.75, 3.05) is 30.2 Å². The van der Waals surface area contributed by atoms with Crippen molar-refractivity contribution >= 4 is 21.6 Å². The van der Waals surface area contributed by atoms with Crippen LogP contribution in [-0.2, 0) is 10.0 Å². The van der Waals surface area contributed by atoms with Gasteiger partial charge in [0.15, 0.2) is 0 Å². The number of carbonyl (C=O) groups excluding carboxylic acids is 1. The third-order valence-corrected chi connectivity index (χ3v) is 5.61. The van der Waals surface area contributed by atoms with E-state index in [-0.39, 0.29) is 17.9 Å². The van der Waals surface area contributed by atoms with Gasteiger partial charge >= 0.3 is 0 Å². The molecule has 8 nitrogen and oxygen atoms in total. The topological polar surface area (TPSA) is 133 Å². The largest absolute Gasteiger partial charge is 0.507 e. The lowest BCUT2D eigenvalue weighted by Gasteiger charge is -2.22. The average molecular weight is 422 g/mol. The molecule has 1 unspecified atom stereocenters. The Morgan fingerprint density at radius 2 is 1.86 bits per heavy atom. The zero-order chi connectivity index (χ0) is 21.4. The van der Waals surface area contributed by atoms with Crippen LogP contribution < -0.4 is 15.4 Å². The van der Waals surface area contributed by atoms with Crippen LogP contribution in [0.2, 0.25) is 0 Å². The molecule has 2 rings (SSSR count). The van der Waals surface area contributed by atoms with Gasteiger partial charge in [-0.15, -0.1) is 0 Å². The maximum absolute atomic E-state index is 12.0. The summed E-state index contributed by atoms with van der Waals surface area (Å²) in [6, 6.07) is 13.2. The SMILES string of the molecule is CS(=O)(=O)N(CCCCNCC(O)c1ccc(O)c(C(N)=O)c1)c1ccccc1. The molecule has 0 aliphatic rings. The predicted octanol–water partition coefficient (Wildman–Crippen LogP) is 1.36. The molecular formula is C20H27N3O5S. The van der Waals surface area contributed by atoms with Gasteiger partial charge in [0.1, 0.15) is 5.75 Å². The van der Waals surface area contributed by atoms with E-state index in [0.29, 0.717) is 37.2 Å². The second-order valence-electron chi connectivity index (χ2n) is 6.74. The summed E-state index contributed by atoms with van der Waals surface area (Å²) in [5.74, 6) is -0.992. The lowest BCUT2D eigenvalue weighted by Crippen LogP contribution is -2.31. The van der Waals surface area contributed by atoms with E-state index in [1.54, 1.807) is 24.3 Å². The van der Waals surface area contributed by atoms with E-state index >= 15 is 0 Å². The van der Waals surface area contributed by atoms with Gasteiger partial charge in [-0.1, -0.05) is 24.3 Å². The first kappa shape index (κ1) is 22.7. The van der Waals surface area contributed by atoms with Gasteiger partial charge in [-0.2, -0.15) is 0 Å². The Balaban J connectivity index is 1.79. The number of aromatic hydroxyl groups is 1. The minimum absolute atomic E-state index is 0.0386. The van der Waals surface area contributed by atoms with E-state index in [2.05, 4.69) is 5.32 Å². The fourth-order valence-electron chi connectivity index (χ4n) is 2.90. The van der Waals surface area contributed by atoms with Gasteiger partial charge in [0.25, 0.3) is 5.91 Å². The van der Waals surface area contributed by atoms with Crippen LogP contribution in [0.4, 0.5) is 5.69 Å². The van der Waals surface area contributed by atoms with Crippen molar-refractivity contribution in [2.45, 2.75) is 18.9 Å². The maximum atomic E-state index is 12.0. The quantitative estimate of drug-likeness (QED) is 0.405. The number of nitrogens with zero attached hydrogens (tertiary/aromatic N) is 1. The van der Waals surface area contributed by atoms with Crippen molar-refractivity contribution in [3.05, 3.63) is 59.7 Å². The number of carbonyl (C=O) groups is 1. The van der Waals surface area contributed by atoms with Crippen LogP contribution in [0.25, 0.3) is 0 Å². The number of benzene rings is 2. The first-order valence-corrected chi connectivity index (χ1v) is 11.1. The molecule has 0 aliphatic carbocycles. The van der Waals surface area contributed by atoms with Gasteiger partial charge in [0.2, 0.25) is 10.0 Å². The number of unbranched alkanes of at least 4 members (excludes halogenated alkanes) is 1. The third-order valence-electron chi connectivity index (χ3n) is 4.42. The second kappa shape index (κ2) is 10.2. The smallest absolute Gasteiger partial charge is 0.252 e. The molecule has 5 N–H and O–H groups in total. The maximum Gasteiger partial charge on any atom is 0.252 e. The fourth-order valence-corrected chi connectivity index (χ4v) is 3.87. The highest BCUT2D eigenvalue weighted by molar-refractivity contribution is 7.92. The van der Waals surface area contributed by atoms with Crippen molar-refractivity contribution in [1.82, 2.24) is 5.32 Å². The summed E-state index contributed by atoms with van der Waals surface area (Å²) in [5, 5.41) is 22.9. The Labute approximate surface area is 171 Å². The van der Waals surface area contributed by atoms with Gasteiger partial charge in [0.05, 0.1) is 23.6 Å². The molecular weight excluding hydrogens is 394 g/mol. The van der Waals surface area contributed by atoms with Crippen LogP contribution in [0.3, 0.4) is 0 Å². The van der Waals surface area contributed by atoms with Crippen molar-refractivity contribution < 1.29 is 23.4 Å². The van der Waals surface area contributed by atoms with Crippen LogP contribution in [0, 0.1) is 0 Å². The first-order chi connectivity index (χ1) is 13.7. The molecule has 0 spiro atoms. The van der Waals surface area contributed by atoms with Gasteiger partial charge in [0, 0.05) is 13.1 Å². The summed E-state index contributed by atoms with van der Waals surface area (Å²) < 4.78 is 25.4. The van der Waals surface area contributed by atoms with Gasteiger partial charge < -0.3 is 21.3 Å². The molecule has 0 fully saturated rings. The van der Waals surface area contributed by atoms with Crippen LogP contribution in [0.5, 0.6) is 5.75 Å². The summed E-state index contributed by atoms with van der Waals surface area (Å²) in [7, 11) is -3.36. The summed E-state index contributed by atoms with van der Waals surface area (Å²) in [6.45, 7) is 1.20. The number of amides is 1. The average Bonchev–Trinajstić information content (AvgIpc) is 2.67. The van der Waals surface area contributed by atoms with E-state index in [9.17, 15) is 23.4 Å². The molecule has 29 heavy (non-hydrogen) atoms. The number of primary amides is 1. The molecule has 0 aromatic heterocycles. The second-order valence-corrected chi connectivity index (χ2v) is 8.65. The van der Waals surface area contributed by atoms with Crippen molar-refractivity contribution in [3.8, 4) is 5.75 Å². The highest BCUT2D eigenvalue weighted by Gasteiger charge is 2.16. The fraction of sp³-hybridized carbons (Fsp3) is 0.350. The molecule has 0 heterocycles. The van der Waals surface area contributed by atoms with Crippen molar-refractivity contribution in [1.29, 1.82) is 0 Å². The zero-order valence-electron chi connectivity index (χ0n) is 16.3. The van der Waals surface area contributed by atoms with E-state index in [0.717, 1.165) is 0 Å². The molecule has 1 amide bonds. The molecule has 9 heteroatoms. The van der Waals surface area contributed by atoms with Gasteiger partial charge in [-0.3, -0.25) is 9.10 Å². The standard InChI is InChI=1S/C20H27N3O5S/c1-29(27,28)23(16-7-3-2-4-8-16)12-6-5-11-22-14-19(25)15-9-10-18(24)17(13-15)20(21)26/h2-4,7-10,13,19,22,24-25H,5-6,11-12,14H2,1H3,(H2,21,26). The number of nitrogens with one attached hydrogen (secondary N) is 1. The third kappa shape index (κ3) is 6.74. The zero-order valence-corrected chi connectivity index (χ0v) is 17.1. The summed E-state index contributed by atoms with van der Waals surface area (Å²) in [4.78, 5) is 11.3. The number of para-hydroxylation sites is 1. The van der Waals surface area contributed by atoms with E-state index in [4.69, 9.17) is 5.73 Å².